The highest BCUT2D eigenvalue weighted by molar-refractivity contribution is 6.02. The number of aryl methyl sites for hydroxylation is 1. The van der Waals surface area contributed by atoms with Crippen molar-refractivity contribution >= 4 is 11.6 Å². The van der Waals surface area contributed by atoms with Crippen molar-refractivity contribution < 1.29 is 19.0 Å². The van der Waals surface area contributed by atoms with Crippen LogP contribution in [0.4, 0.5) is 5.69 Å². The minimum absolute atomic E-state index is 0.232. The standard InChI is InChI=1S/C20H19N3O4/c1-2-14-9-17(23-22-14)20(24)21-15-5-3-4-13(8-15)11-25-16-6-7-18-19(10-16)27-12-26-18/h3-10H,2,11-12H2,1H3,(H,21,24)(H,22,23). The van der Waals surface area contributed by atoms with Gasteiger partial charge in [0.25, 0.3) is 5.91 Å². The molecule has 138 valence electrons. The number of aromatic nitrogens is 2. The molecular weight excluding hydrogens is 346 g/mol. The molecule has 2 aromatic carbocycles. The Labute approximate surface area is 156 Å². The number of fused-ring (bicyclic) bond motifs is 1. The highest BCUT2D eigenvalue weighted by atomic mass is 16.7. The number of anilines is 1. The van der Waals surface area contributed by atoms with Crippen molar-refractivity contribution in [3.05, 3.63) is 65.5 Å². The number of H-pyrrole nitrogens is 1. The van der Waals surface area contributed by atoms with Crippen LogP contribution in [0.15, 0.2) is 48.5 Å². The molecule has 0 radical (unpaired) electrons. The maximum absolute atomic E-state index is 12.3. The molecule has 2 N–H and O–H groups in total. The van der Waals surface area contributed by atoms with Crippen LogP contribution >= 0.6 is 0 Å². The van der Waals surface area contributed by atoms with Gasteiger partial charge in [0.05, 0.1) is 0 Å². The van der Waals surface area contributed by atoms with E-state index in [9.17, 15) is 4.79 Å². The van der Waals surface area contributed by atoms with E-state index >= 15 is 0 Å². The normalized spacial score (nSPS) is 12.0. The van der Waals surface area contributed by atoms with Gasteiger partial charge in [0.2, 0.25) is 6.79 Å². The van der Waals surface area contributed by atoms with Crippen LogP contribution in [0.1, 0.15) is 28.7 Å². The van der Waals surface area contributed by atoms with Gasteiger partial charge < -0.3 is 19.5 Å². The Bertz CT molecular complexity index is 967. The minimum atomic E-state index is -0.250. The van der Waals surface area contributed by atoms with Gasteiger partial charge in [0.15, 0.2) is 17.2 Å². The number of rotatable bonds is 6. The fourth-order valence-electron chi connectivity index (χ4n) is 2.73. The molecule has 27 heavy (non-hydrogen) atoms. The monoisotopic (exact) mass is 365 g/mol. The first-order chi connectivity index (χ1) is 13.2. The molecule has 1 aliphatic rings. The van der Waals surface area contributed by atoms with Crippen LogP contribution in [0.2, 0.25) is 0 Å². The fourth-order valence-corrected chi connectivity index (χ4v) is 2.73. The van der Waals surface area contributed by atoms with Crippen LogP contribution in [-0.4, -0.2) is 22.9 Å². The van der Waals surface area contributed by atoms with Gasteiger partial charge in [0.1, 0.15) is 12.4 Å². The van der Waals surface area contributed by atoms with Gasteiger partial charge >= 0.3 is 0 Å². The lowest BCUT2D eigenvalue weighted by Crippen LogP contribution is -2.12. The van der Waals surface area contributed by atoms with Crippen molar-refractivity contribution in [2.24, 2.45) is 0 Å². The second-order valence-corrected chi connectivity index (χ2v) is 6.09. The van der Waals surface area contributed by atoms with Crippen LogP contribution in [0.3, 0.4) is 0 Å². The van der Waals surface area contributed by atoms with Crippen LogP contribution < -0.4 is 19.5 Å². The number of hydrogen-bond acceptors (Lipinski definition) is 5. The average molecular weight is 365 g/mol. The molecule has 0 bridgehead atoms. The maximum atomic E-state index is 12.3. The summed E-state index contributed by atoms with van der Waals surface area (Å²) in [6.07, 6.45) is 0.799. The Hall–Kier alpha value is -3.48. The van der Waals surface area contributed by atoms with E-state index in [4.69, 9.17) is 14.2 Å². The van der Waals surface area contributed by atoms with Crippen molar-refractivity contribution in [1.29, 1.82) is 0 Å². The maximum Gasteiger partial charge on any atom is 0.276 e. The van der Waals surface area contributed by atoms with Crippen LogP contribution in [0, 0.1) is 0 Å². The van der Waals surface area contributed by atoms with Gasteiger partial charge in [-0.25, -0.2) is 0 Å². The van der Waals surface area contributed by atoms with E-state index in [0.717, 1.165) is 23.4 Å². The minimum Gasteiger partial charge on any atom is -0.489 e. The van der Waals surface area contributed by atoms with Crippen LogP contribution in [-0.2, 0) is 13.0 Å². The highest BCUT2D eigenvalue weighted by Crippen LogP contribution is 2.35. The molecule has 1 amide bonds. The van der Waals surface area contributed by atoms with Gasteiger partial charge in [-0.05, 0) is 42.3 Å². The summed E-state index contributed by atoms with van der Waals surface area (Å²) in [4.78, 5) is 12.3. The SMILES string of the molecule is CCc1cc(C(=O)Nc2cccc(COc3ccc4c(c3)OCO4)c2)n[nH]1. The molecule has 3 aromatic rings. The molecule has 0 unspecified atom stereocenters. The van der Waals surface area contributed by atoms with E-state index in [1.165, 1.54) is 0 Å². The number of aromatic amines is 1. The lowest BCUT2D eigenvalue weighted by Gasteiger charge is -2.09. The van der Waals surface area contributed by atoms with Gasteiger partial charge in [-0.15, -0.1) is 0 Å². The number of carbonyl (C=O) groups is 1. The lowest BCUT2D eigenvalue weighted by atomic mass is 10.2. The van der Waals surface area contributed by atoms with E-state index in [1.54, 1.807) is 12.1 Å². The zero-order valence-corrected chi connectivity index (χ0v) is 14.8. The average Bonchev–Trinajstić information content (AvgIpc) is 3.35. The molecule has 0 saturated heterocycles. The topological polar surface area (TPSA) is 85.5 Å². The summed E-state index contributed by atoms with van der Waals surface area (Å²) in [7, 11) is 0. The summed E-state index contributed by atoms with van der Waals surface area (Å²) in [6, 6.07) is 14.7. The van der Waals surface area contributed by atoms with Crippen molar-refractivity contribution in [2.75, 3.05) is 12.1 Å². The molecule has 4 rings (SSSR count). The van der Waals surface area contributed by atoms with Crippen molar-refractivity contribution in [2.45, 2.75) is 20.0 Å². The largest absolute Gasteiger partial charge is 0.489 e. The Morgan fingerprint density at radius 2 is 2.07 bits per heavy atom. The fraction of sp³-hybridized carbons (Fsp3) is 0.200. The molecule has 1 aliphatic heterocycles. The zero-order valence-electron chi connectivity index (χ0n) is 14.8. The first-order valence-electron chi connectivity index (χ1n) is 8.68. The van der Waals surface area contributed by atoms with Gasteiger partial charge in [-0.2, -0.15) is 5.10 Å². The molecule has 1 aromatic heterocycles. The Balaban J connectivity index is 1.39. The molecule has 0 spiro atoms. The Morgan fingerprint density at radius 1 is 1.19 bits per heavy atom. The van der Waals surface area contributed by atoms with E-state index in [0.29, 0.717) is 29.5 Å². The number of hydrogen-bond donors (Lipinski definition) is 2. The molecule has 7 heteroatoms. The molecular formula is C20H19N3O4. The smallest absolute Gasteiger partial charge is 0.276 e. The second-order valence-electron chi connectivity index (χ2n) is 6.09. The molecule has 0 aliphatic carbocycles. The van der Waals surface area contributed by atoms with E-state index < -0.39 is 0 Å². The number of nitrogens with one attached hydrogen (secondary N) is 2. The first-order valence-corrected chi connectivity index (χ1v) is 8.68. The van der Waals surface area contributed by atoms with Crippen molar-refractivity contribution in [1.82, 2.24) is 10.2 Å². The third-order valence-corrected chi connectivity index (χ3v) is 4.18. The number of amides is 1. The quantitative estimate of drug-likeness (QED) is 0.698. The lowest BCUT2D eigenvalue weighted by molar-refractivity contribution is 0.102. The van der Waals surface area contributed by atoms with Crippen LogP contribution in [0.5, 0.6) is 17.2 Å². The Kier molecular flexibility index (Phi) is 4.65. The third kappa shape index (κ3) is 3.87. The molecule has 0 saturated carbocycles. The summed E-state index contributed by atoms with van der Waals surface area (Å²) in [6.45, 7) is 2.60. The second kappa shape index (κ2) is 7.41. The van der Waals surface area contributed by atoms with E-state index in [2.05, 4.69) is 15.5 Å². The van der Waals surface area contributed by atoms with Gasteiger partial charge in [0, 0.05) is 17.4 Å². The molecule has 0 atom stereocenters. The molecule has 7 nitrogen and oxygen atoms in total. The first kappa shape index (κ1) is 17.0. The summed E-state index contributed by atoms with van der Waals surface area (Å²) in [5, 5.41) is 9.72. The van der Waals surface area contributed by atoms with E-state index in [1.807, 2.05) is 43.3 Å². The predicted molar refractivity (Wildman–Crippen MR) is 99.3 cm³/mol. The van der Waals surface area contributed by atoms with Crippen molar-refractivity contribution in [3.8, 4) is 17.2 Å². The molecule has 0 fully saturated rings. The summed E-state index contributed by atoms with van der Waals surface area (Å²) < 4.78 is 16.5. The van der Waals surface area contributed by atoms with E-state index in [-0.39, 0.29) is 12.7 Å². The number of ether oxygens (including phenoxy) is 3. The number of nitrogens with zero attached hydrogens (tertiary/aromatic N) is 1. The van der Waals surface area contributed by atoms with Gasteiger partial charge in [-0.1, -0.05) is 19.1 Å². The third-order valence-electron chi connectivity index (χ3n) is 4.18. The summed E-state index contributed by atoms with van der Waals surface area (Å²) in [5.41, 5.74) is 2.91. The zero-order chi connectivity index (χ0) is 18.6. The predicted octanol–water partition coefficient (Wildman–Crippen LogP) is 3.53. The summed E-state index contributed by atoms with van der Waals surface area (Å²) in [5.74, 6) is 1.84. The summed E-state index contributed by atoms with van der Waals surface area (Å²) >= 11 is 0. The van der Waals surface area contributed by atoms with Crippen molar-refractivity contribution in [3.63, 3.8) is 0 Å². The number of carbonyl (C=O) groups excluding carboxylic acids is 1. The molecule has 2 heterocycles. The number of benzene rings is 2. The van der Waals surface area contributed by atoms with Crippen LogP contribution in [0.25, 0.3) is 0 Å². The van der Waals surface area contributed by atoms with Gasteiger partial charge in [-0.3, -0.25) is 9.89 Å². The highest BCUT2D eigenvalue weighted by Gasteiger charge is 2.14. The Morgan fingerprint density at radius 3 is 2.93 bits per heavy atom.